The number of nitrogen functional groups attached to an aromatic ring is 1. The van der Waals surface area contributed by atoms with Crippen molar-refractivity contribution in [3.8, 4) is 11.1 Å². The van der Waals surface area contributed by atoms with E-state index in [-0.39, 0.29) is 5.90 Å². The van der Waals surface area contributed by atoms with E-state index in [0.29, 0.717) is 11.4 Å². The molecule has 0 amide bonds. The van der Waals surface area contributed by atoms with Crippen LogP contribution in [-0.2, 0) is 9.47 Å². The molecular formula is C23H27N7O2. The second-order valence-electron chi connectivity index (χ2n) is 7.55. The van der Waals surface area contributed by atoms with Crippen molar-refractivity contribution < 1.29 is 9.47 Å². The molecule has 32 heavy (non-hydrogen) atoms. The minimum atomic E-state index is -0.121. The Bertz CT molecular complexity index is 1100. The molecule has 5 N–H and O–H groups in total. The number of anilines is 2. The van der Waals surface area contributed by atoms with Gasteiger partial charge in [-0.15, -0.1) is 0 Å². The molecule has 9 heteroatoms. The van der Waals surface area contributed by atoms with E-state index in [1.54, 1.807) is 18.5 Å². The number of rotatable bonds is 8. The Morgan fingerprint density at radius 1 is 1.16 bits per heavy atom. The van der Waals surface area contributed by atoms with Crippen LogP contribution in [0.15, 0.2) is 42.7 Å². The zero-order chi connectivity index (χ0) is 22.3. The Balaban J connectivity index is 1.62. The monoisotopic (exact) mass is 433 g/mol. The van der Waals surface area contributed by atoms with Gasteiger partial charge in [-0.1, -0.05) is 6.07 Å². The lowest BCUT2D eigenvalue weighted by Crippen LogP contribution is -2.37. The number of fused-ring (bicyclic) bond motifs is 1. The van der Waals surface area contributed by atoms with Crippen molar-refractivity contribution in [1.82, 2.24) is 14.9 Å². The fraction of sp³-hybridized carbons (Fsp3) is 0.304. The molecule has 9 nitrogen and oxygen atoms in total. The van der Waals surface area contributed by atoms with E-state index in [0.717, 1.165) is 79.9 Å². The van der Waals surface area contributed by atoms with Gasteiger partial charge in [0, 0.05) is 43.0 Å². The molecule has 166 valence electrons. The van der Waals surface area contributed by atoms with Crippen molar-refractivity contribution >= 4 is 34.7 Å². The first-order valence-corrected chi connectivity index (χ1v) is 10.6. The number of morpholine rings is 1. The van der Waals surface area contributed by atoms with E-state index in [4.69, 9.17) is 26.0 Å². The molecular weight excluding hydrogens is 406 g/mol. The molecule has 0 saturated carbocycles. The highest BCUT2D eigenvalue weighted by Gasteiger charge is 2.15. The summed E-state index contributed by atoms with van der Waals surface area (Å²) in [6.07, 6.45) is 5.06. The summed E-state index contributed by atoms with van der Waals surface area (Å²) >= 11 is 0. The quantitative estimate of drug-likeness (QED) is 0.244. The Kier molecular flexibility index (Phi) is 6.88. The van der Waals surface area contributed by atoms with E-state index in [1.165, 1.54) is 0 Å². The van der Waals surface area contributed by atoms with Gasteiger partial charge in [-0.05, 0) is 42.8 Å². The van der Waals surface area contributed by atoms with Gasteiger partial charge >= 0.3 is 0 Å². The molecule has 1 saturated heterocycles. The maximum atomic E-state index is 8.23. The zero-order valence-electron chi connectivity index (χ0n) is 17.8. The van der Waals surface area contributed by atoms with E-state index in [2.05, 4.69) is 20.2 Å². The van der Waals surface area contributed by atoms with Crippen molar-refractivity contribution in [3.63, 3.8) is 0 Å². The lowest BCUT2D eigenvalue weighted by Gasteiger charge is -2.26. The molecule has 2 aromatic heterocycles. The summed E-state index contributed by atoms with van der Waals surface area (Å²) in [6.45, 7) is 5.20. The molecule has 0 spiro atoms. The first-order valence-electron chi connectivity index (χ1n) is 10.6. The van der Waals surface area contributed by atoms with Gasteiger partial charge < -0.3 is 20.5 Å². The van der Waals surface area contributed by atoms with E-state index < -0.39 is 0 Å². The Hall–Kier alpha value is -3.56. The van der Waals surface area contributed by atoms with E-state index in [1.807, 2.05) is 24.3 Å². The number of pyridine rings is 2. The predicted molar refractivity (Wildman–Crippen MR) is 126 cm³/mol. The van der Waals surface area contributed by atoms with Crippen molar-refractivity contribution in [2.24, 2.45) is 0 Å². The molecule has 1 aliphatic rings. The zero-order valence-corrected chi connectivity index (χ0v) is 17.8. The number of benzene rings is 1. The van der Waals surface area contributed by atoms with Crippen LogP contribution in [0.3, 0.4) is 0 Å². The summed E-state index contributed by atoms with van der Waals surface area (Å²) in [5.41, 5.74) is 9.73. The molecule has 3 heterocycles. The Labute approximate surface area is 186 Å². The van der Waals surface area contributed by atoms with Crippen LogP contribution in [0, 0.1) is 10.8 Å². The fourth-order valence-electron chi connectivity index (χ4n) is 3.77. The lowest BCUT2D eigenvalue weighted by molar-refractivity contribution is 0.0378. The number of hydrogen-bond donors (Lipinski definition) is 4. The molecule has 0 radical (unpaired) electrons. The molecule has 0 aliphatic carbocycles. The first kappa shape index (κ1) is 21.7. The van der Waals surface area contributed by atoms with Gasteiger partial charge in [0.15, 0.2) is 6.40 Å². The minimum Gasteiger partial charge on any atom is -0.428 e. The highest BCUT2D eigenvalue weighted by atomic mass is 16.5. The standard InChI is InChI=1S/C23H27N7O2/c24-15-32-23(26)19-14-28-20-4-2-16(17-3-5-21(25)29-13-17)12-18(20)22(19)27-6-1-7-30-8-10-31-11-9-30/h2-5,12-15,24,26H,1,6-11H2,(H2,25,29)(H,27,28). The first-order chi connectivity index (χ1) is 15.7. The number of nitrogens with two attached hydrogens (primary N) is 1. The van der Waals surface area contributed by atoms with Crippen LogP contribution in [0.1, 0.15) is 12.0 Å². The van der Waals surface area contributed by atoms with Crippen LogP contribution in [-0.4, -0.2) is 66.6 Å². The SMILES string of the molecule is N=COC(=N)c1cnc2ccc(-c3ccc(N)nc3)cc2c1NCCCN1CCOCC1. The fourth-order valence-corrected chi connectivity index (χ4v) is 3.77. The number of nitrogens with zero attached hydrogens (tertiary/aromatic N) is 3. The van der Waals surface area contributed by atoms with E-state index in [9.17, 15) is 0 Å². The normalized spacial score (nSPS) is 14.2. The molecule has 1 aliphatic heterocycles. The molecule has 0 atom stereocenters. The van der Waals surface area contributed by atoms with Crippen molar-refractivity contribution in [2.45, 2.75) is 6.42 Å². The summed E-state index contributed by atoms with van der Waals surface area (Å²) in [5.74, 6) is 0.350. The largest absolute Gasteiger partial charge is 0.428 e. The summed E-state index contributed by atoms with van der Waals surface area (Å²) < 4.78 is 10.5. The third-order valence-electron chi connectivity index (χ3n) is 5.47. The van der Waals surface area contributed by atoms with Crippen LogP contribution < -0.4 is 11.1 Å². The molecule has 0 bridgehead atoms. The lowest BCUT2D eigenvalue weighted by atomic mass is 10.0. The number of aromatic nitrogens is 2. The van der Waals surface area contributed by atoms with Gasteiger partial charge in [0.05, 0.1) is 30.0 Å². The van der Waals surface area contributed by atoms with Gasteiger partial charge in [0.1, 0.15) is 5.82 Å². The number of nitrogens with one attached hydrogen (secondary N) is 3. The van der Waals surface area contributed by atoms with Crippen molar-refractivity contribution in [3.05, 3.63) is 48.3 Å². The average Bonchev–Trinajstić information content (AvgIpc) is 2.82. The van der Waals surface area contributed by atoms with Crippen LogP contribution in [0.2, 0.25) is 0 Å². The minimum absolute atomic E-state index is 0.121. The summed E-state index contributed by atoms with van der Waals surface area (Å²) in [6, 6.07) is 9.67. The van der Waals surface area contributed by atoms with Gasteiger partial charge in [0.25, 0.3) is 0 Å². The van der Waals surface area contributed by atoms with Crippen LogP contribution in [0.5, 0.6) is 0 Å². The maximum absolute atomic E-state index is 8.23. The summed E-state index contributed by atoms with van der Waals surface area (Å²) in [7, 11) is 0. The summed E-state index contributed by atoms with van der Waals surface area (Å²) in [5, 5.41) is 19.8. The third-order valence-corrected chi connectivity index (χ3v) is 5.47. The Morgan fingerprint density at radius 3 is 2.72 bits per heavy atom. The van der Waals surface area contributed by atoms with Gasteiger partial charge in [-0.3, -0.25) is 20.7 Å². The second-order valence-corrected chi connectivity index (χ2v) is 7.55. The topological polar surface area (TPSA) is 133 Å². The average molecular weight is 434 g/mol. The molecule has 1 aromatic carbocycles. The molecule has 0 unspecified atom stereocenters. The van der Waals surface area contributed by atoms with Gasteiger partial charge in [-0.25, -0.2) is 4.98 Å². The molecule has 3 aromatic rings. The van der Waals surface area contributed by atoms with E-state index >= 15 is 0 Å². The number of hydrogen-bond acceptors (Lipinski definition) is 9. The molecule has 1 fully saturated rings. The van der Waals surface area contributed by atoms with Crippen LogP contribution >= 0.6 is 0 Å². The van der Waals surface area contributed by atoms with Gasteiger partial charge in [0.2, 0.25) is 5.90 Å². The predicted octanol–water partition coefficient (Wildman–Crippen LogP) is 2.96. The highest BCUT2D eigenvalue weighted by Crippen LogP contribution is 2.31. The third kappa shape index (κ3) is 5.01. The van der Waals surface area contributed by atoms with Crippen molar-refractivity contribution in [1.29, 1.82) is 10.8 Å². The Morgan fingerprint density at radius 2 is 1.97 bits per heavy atom. The maximum Gasteiger partial charge on any atom is 0.224 e. The van der Waals surface area contributed by atoms with Crippen molar-refractivity contribution in [2.75, 3.05) is 50.4 Å². The smallest absolute Gasteiger partial charge is 0.224 e. The summed E-state index contributed by atoms with van der Waals surface area (Å²) in [4.78, 5) is 11.1. The van der Waals surface area contributed by atoms with Crippen LogP contribution in [0.4, 0.5) is 11.5 Å². The highest BCUT2D eigenvalue weighted by molar-refractivity contribution is 6.08. The van der Waals surface area contributed by atoms with Crippen LogP contribution in [0.25, 0.3) is 22.0 Å². The van der Waals surface area contributed by atoms with Gasteiger partial charge in [-0.2, -0.15) is 0 Å². The second kappa shape index (κ2) is 10.2. The number of ether oxygens (including phenoxy) is 2. The molecule has 4 rings (SSSR count).